The largest absolute Gasteiger partial charge is 0.481 e. The topological polar surface area (TPSA) is 79.3 Å². The van der Waals surface area contributed by atoms with Crippen LogP contribution in [0.3, 0.4) is 0 Å². The molecule has 21 heavy (non-hydrogen) atoms. The molecule has 116 valence electrons. The van der Waals surface area contributed by atoms with Gasteiger partial charge in [-0.05, 0) is 12.8 Å². The lowest BCUT2D eigenvalue weighted by Gasteiger charge is -2.14. The van der Waals surface area contributed by atoms with Gasteiger partial charge in [0.25, 0.3) is 0 Å². The molecule has 1 aliphatic carbocycles. The molecule has 1 amide bonds. The summed E-state index contributed by atoms with van der Waals surface area (Å²) in [6.45, 7) is 1.71. The van der Waals surface area contributed by atoms with E-state index in [1.165, 1.54) is 0 Å². The minimum absolute atomic E-state index is 0.172. The van der Waals surface area contributed by atoms with E-state index in [0.717, 1.165) is 16.7 Å². The minimum Gasteiger partial charge on any atom is -0.481 e. The van der Waals surface area contributed by atoms with Crippen molar-refractivity contribution >= 4 is 23.2 Å². The molecule has 0 radical (unpaired) electrons. The van der Waals surface area contributed by atoms with Crippen LogP contribution < -0.4 is 5.32 Å². The maximum Gasteiger partial charge on any atom is 0.434 e. The highest BCUT2D eigenvalue weighted by Gasteiger charge is 2.48. The maximum atomic E-state index is 12.5. The van der Waals surface area contributed by atoms with Gasteiger partial charge in [0.05, 0.1) is 17.9 Å². The predicted molar refractivity (Wildman–Crippen MR) is 67.5 cm³/mol. The summed E-state index contributed by atoms with van der Waals surface area (Å²) in [5.74, 6) is -2.77. The van der Waals surface area contributed by atoms with Crippen LogP contribution in [0.5, 0.6) is 0 Å². The number of carbonyl (C=O) groups excluding carboxylic acids is 1. The highest BCUT2D eigenvalue weighted by Crippen LogP contribution is 2.39. The van der Waals surface area contributed by atoms with Crippen molar-refractivity contribution in [2.75, 3.05) is 0 Å². The minimum atomic E-state index is -4.51. The fraction of sp³-hybridized carbons (Fsp3) is 0.583. The highest BCUT2D eigenvalue weighted by molar-refractivity contribution is 7.09. The second-order valence-electron chi connectivity index (χ2n) is 4.83. The molecule has 1 aromatic heterocycles. The molecular weight excluding hydrogens is 309 g/mol. The standard InChI is InChI=1S/C12H13F3N2O3S/c1-2-7(10-17-8(4-21-10)12(13,14)15)16-9(18)5-3-6(5)11(19)20/h4-7H,2-3H2,1H3,(H,16,18)(H,19,20). The van der Waals surface area contributed by atoms with Gasteiger partial charge in [-0.2, -0.15) is 13.2 Å². The number of carbonyl (C=O) groups is 2. The van der Waals surface area contributed by atoms with Gasteiger partial charge in [-0.15, -0.1) is 11.3 Å². The van der Waals surface area contributed by atoms with Gasteiger partial charge < -0.3 is 10.4 Å². The lowest BCUT2D eigenvalue weighted by atomic mass is 10.2. The van der Waals surface area contributed by atoms with Crippen LogP contribution in [0.2, 0.25) is 0 Å². The van der Waals surface area contributed by atoms with Gasteiger partial charge >= 0.3 is 12.1 Å². The Kier molecular flexibility index (Phi) is 4.22. The van der Waals surface area contributed by atoms with Crippen LogP contribution in [0.1, 0.15) is 36.5 Å². The lowest BCUT2D eigenvalue weighted by Crippen LogP contribution is -2.30. The molecule has 0 bridgehead atoms. The molecule has 2 rings (SSSR count). The number of aliphatic carboxylic acids is 1. The number of carboxylic acids is 1. The van der Waals surface area contributed by atoms with Crippen LogP contribution in [-0.2, 0) is 15.8 Å². The number of nitrogens with one attached hydrogen (secondary N) is 1. The quantitative estimate of drug-likeness (QED) is 0.873. The fourth-order valence-corrected chi connectivity index (χ4v) is 2.91. The molecule has 3 unspecified atom stereocenters. The van der Waals surface area contributed by atoms with E-state index in [0.29, 0.717) is 6.42 Å². The predicted octanol–water partition coefficient (Wildman–Crippen LogP) is 2.45. The number of alkyl halides is 3. The molecule has 0 spiro atoms. The van der Waals surface area contributed by atoms with Crippen molar-refractivity contribution in [3.63, 3.8) is 0 Å². The number of carboxylic acid groups (broad SMARTS) is 1. The van der Waals surface area contributed by atoms with E-state index >= 15 is 0 Å². The molecule has 1 heterocycles. The summed E-state index contributed by atoms with van der Waals surface area (Å²) >= 11 is 0.828. The van der Waals surface area contributed by atoms with E-state index in [9.17, 15) is 22.8 Å². The summed E-state index contributed by atoms with van der Waals surface area (Å²) in [6.07, 6.45) is -3.87. The van der Waals surface area contributed by atoms with Gasteiger partial charge in [0.1, 0.15) is 5.01 Å². The molecule has 0 aromatic carbocycles. The number of nitrogens with zero attached hydrogens (tertiary/aromatic N) is 1. The maximum absolute atomic E-state index is 12.5. The van der Waals surface area contributed by atoms with E-state index in [1.54, 1.807) is 6.92 Å². The lowest BCUT2D eigenvalue weighted by molar-refractivity contribution is -0.141. The van der Waals surface area contributed by atoms with E-state index < -0.39 is 41.6 Å². The second-order valence-corrected chi connectivity index (χ2v) is 5.71. The Labute approximate surface area is 122 Å². The smallest absolute Gasteiger partial charge is 0.434 e. The molecule has 0 aliphatic heterocycles. The first-order valence-electron chi connectivity index (χ1n) is 6.29. The Balaban J connectivity index is 2.02. The third-order valence-corrected chi connectivity index (χ3v) is 4.24. The zero-order valence-electron chi connectivity index (χ0n) is 11.0. The molecule has 2 N–H and O–H groups in total. The summed E-state index contributed by atoms with van der Waals surface area (Å²) in [5.41, 5.74) is -0.981. The second kappa shape index (κ2) is 5.63. The molecule has 1 aliphatic rings. The van der Waals surface area contributed by atoms with E-state index in [2.05, 4.69) is 10.3 Å². The molecule has 1 fully saturated rings. The van der Waals surface area contributed by atoms with Gasteiger partial charge in [0.15, 0.2) is 5.69 Å². The number of hydrogen-bond acceptors (Lipinski definition) is 4. The van der Waals surface area contributed by atoms with Gasteiger partial charge in [-0.3, -0.25) is 9.59 Å². The van der Waals surface area contributed by atoms with E-state index in [-0.39, 0.29) is 11.4 Å². The van der Waals surface area contributed by atoms with Crippen molar-refractivity contribution in [1.29, 1.82) is 0 Å². The number of hydrogen-bond donors (Lipinski definition) is 2. The van der Waals surface area contributed by atoms with Crippen LogP contribution in [0.25, 0.3) is 0 Å². The molecule has 1 saturated carbocycles. The number of thiazole rings is 1. The van der Waals surface area contributed by atoms with Crippen LogP contribution in [0.4, 0.5) is 13.2 Å². The van der Waals surface area contributed by atoms with Crippen LogP contribution >= 0.6 is 11.3 Å². The number of aromatic nitrogens is 1. The summed E-state index contributed by atoms with van der Waals surface area (Å²) in [4.78, 5) is 26.0. The molecule has 1 aromatic rings. The summed E-state index contributed by atoms with van der Waals surface area (Å²) in [6, 6.07) is -0.631. The Bertz CT molecular complexity index is 558. The number of amides is 1. The first kappa shape index (κ1) is 15.7. The average molecular weight is 322 g/mol. The van der Waals surface area contributed by atoms with Crippen molar-refractivity contribution in [2.45, 2.75) is 32.0 Å². The summed E-state index contributed by atoms with van der Waals surface area (Å²) in [5, 5.41) is 12.4. The Morgan fingerprint density at radius 2 is 2.19 bits per heavy atom. The molecule has 0 saturated heterocycles. The first-order chi connectivity index (χ1) is 9.74. The zero-order valence-corrected chi connectivity index (χ0v) is 11.8. The first-order valence-corrected chi connectivity index (χ1v) is 7.17. The normalized spacial score (nSPS) is 22.7. The molecule has 9 heteroatoms. The van der Waals surface area contributed by atoms with Crippen molar-refractivity contribution in [2.24, 2.45) is 11.8 Å². The molecule has 3 atom stereocenters. The van der Waals surface area contributed by atoms with E-state index in [1.807, 2.05) is 0 Å². The summed E-state index contributed by atoms with van der Waals surface area (Å²) < 4.78 is 37.5. The van der Waals surface area contributed by atoms with Crippen molar-refractivity contribution in [3.05, 3.63) is 16.1 Å². The van der Waals surface area contributed by atoms with Gasteiger partial charge in [-0.25, -0.2) is 4.98 Å². The summed E-state index contributed by atoms with van der Waals surface area (Å²) in [7, 11) is 0. The van der Waals surface area contributed by atoms with Crippen LogP contribution in [0.15, 0.2) is 5.38 Å². The SMILES string of the molecule is CCC(NC(=O)C1CC1C(=O)O)c1nc(C(F)(F)F)cs1. The monoisotopic (exact) mass is 322 g/mol. The van der Waals surface area contributed by atoms with Gasteiger partial charge in [-0.1, -0.05) is 6.92 Å². The van der Waals surface area contributed by atoms with Gasteiger partial charge in [0, 0.05) is 5.38 Å². The average Bonchev–Trinajstić information content (AvgIpc) is 3.04. The number of rotatable bonds is 5. The zero-order chi connectivity index (χ0) is 15.8. The Morgan fingerprint density at radius 3 is 2.62 bits per heavy atom. The Morgan fingerprint density at radius 1 is 1.52 bits per heavy atom. The van der Waals surface area contributed by atoms with Crippen molar-refractivity contribution in [3.8, 4) is 0 Å². The Hall–Kier alpha value is -1.64. The third-order valence-electron chi connectivity index (χ3n) is 3.28. The van der Waals surface area contributed by atoms with Gasteiger partial charge in [0.2, 0.25) is 5.91 Å². The highest BCUT2D eigenvalue weighted by atomic mass is 32.1. The fourth-order valence-electron chi connectivity index (χ4n) is 1.95. The number of halogens is 3. The molecule has 5 nitrogen and oxygen atoms in total. The van der Waals surface area contributed by atoms with Crippen LogP contribution in [-0.4, -0.2) is 22.0 Å². The van der Waals surface area contributed by atoms with Crippen LogP contribution in [0, 0.1) is 11.8 Å². The van der Waals surface area contributed by atoms with E-state index in [4.69, 9.17) is 5.11 Å². The van der Waals surface area contributed by atoms with Crippen molar-refractivity contribution < 1.29 is 27.9 Å². The third kappa shape index (κ3) is 3.52. The molecular formula is C12H13F3N2O3S. The van der Waals surface area contributed by atoms with Crippen molar-refractivity contribution in [1.82, 2.24) is 10.3 Å².